The van der Waals surface area contributed by atoms with E-state index in [-0.39, 0.29) is 11.8 Å². The molecule has 0 saturated carbocycles. The number of halogens is 1. The van der Waals surface area contributed by atoms with Crippen molar-refractivity contribution in [3.05, 3.63) is 0 Å². The fourth-order valence-electron chi connectivity index (χ4n) is 1.92. The van der Waals surface area contributed by atoms with E-state index in [0.29, 0.717) is 0 Å². The van der Waals surface area contributed by atoms with Gasteiger partial charge in [-0.15, -0.1) is 0 Å². The summed E-state index contributed by atoms with van der Waals surface area (Å²) in [5.74, 6) is 0. The molecule has 1 saturated heterocycles. The summed E-state index contributed by atoms with van der Waals surface area (Å²) in [6.07, 6.45) is -2.17. The van der Waals surface area contributed by atoms with E-state index in [1.54, 1.807) is 0 Å². The first-order chi connectivity index (χ1) is 8.78. The first-order valence-corrected chi connectivity index (χ1v) is 8.61. The van der Waals surface area contributed by atoms with Crippen LogP contribution in [0.15, 0.2) is 0 Å². The van der Waals surface area contributed by atoms with Gasteiger partial charge >= 0.3 is 7.56 Å². The first-order valence-electron chi connectivity index (χ1n) is 5.68. The first kappa shape index (κ1) is 16.8. The molecule has 19 heavy (non-hydrogen) atoms. The van der Waals surface area contributed by atoms with E-state index >= 15 is 0 Å². The van der Waals surface area contributed by atoms with Gasteiger partial charge in [-0.3, -0.25) is 4.57 Å². The summed E-state index contributed by atoms with van der Waals surface area (Å²) in [4.78, 5) is 0. The zero-order chi connectivity index (χ0) is 14.6. The van der Waals surface area contributed by atoms with Crippen LogP contribution in [-0.2, 0) is 23.3 Å². The van der Waals surface area contributed by atoms with E-state index in [9.17, 15) is 8.88 Å². The molecule has 4 atom stereocenters. The highest BCUT2D eigenvalue weighted by Gasteiger charge is 2.49. The van der Waals surface area contributed by atoms with Crippen molar-refractivity contribution in [2.24, 2.45) is 5.73 Å². The molecule has 1 unspecified atom stereocenters. The number of rotatable bonds is 6. The summed E-state index contributed by atoms with van der Waals surface area (Å²) in [5.41, 5.74) is 5.31. The molecule has 1 heterocycles. The highest BCUT2D eigenvalue weighted by molar-refractivity contribution is 7.80. The minimum absolute atomic E-state index is 0.165. The SMILES string of the molecule is COC[C@H]1O[C@@H](BF)C(OC(N)=S)[C@H]1OP(C)(C)=O. The van der Waals surface area contributed by atoms with Gasteiger partial charge in [0.05, 0.1) is 6.61 Å². The van der Waals surface area contributed by atoms with Crippen molar-refractivity contribution in [3.8, 4) is 0 Å². The Bertz CT molecular complexity index is 371. The van der Waals surface area contributed by atoms with Crippen LogP contribution < -0.4 is 5.73 Å². The molecule has 0 aromatic rings. The van der Waals surface area contributed by atoms with Crippen molar-refractivity contribution in [3.63, 3.8) is 0 Å². The van der Waals surface area contributed by atoms with Gasteiger partial charge in [0.2, 0.25) is 0 Å². The predicted octanol–water partition coefficient (Wildman–Crippen LogP) is 0.230. The van der Waals surface area contributed by atoms with Gasteiger partial charge in [0.1, 0.15) is 18.2 Å². The van der Waals surface area contributed by atoms with Crippen molar-refractivity contribution in [2.45, 2.75) is 24.3 Å². The average Bonchev–Trinajstić information content (AvgIpc) is 2.55. The average molecular weight is 313 g/mol. The van der Waals surface area contributed by atoms with Crippen LogP contribution in [-0.4, -0.2) is 64.1 Å². The van der Waals surface area contributed by atoms with Crippen LogP contribution >= 0.6 is 19.6 Å². The maximum Gasteiger partial charge on any atom is 0.364 e. The zero-order valence-corrected chi connectivity index (χ0v) is 12.8. The van der Waals surface area contributed by atoms with Crippen LogP contribution in [0, 0.1) is 0 Å². The van der Waals surface area contributed by atoms with E-state index in [0.717, 1.165) is 0 Å². The number of hydrogen-bond donors (Lipinski definition) is 1. The van der Waals surface area contributed by atoms with Crippen molar-refractivity contribution in [1.29, 1.82) is 0 Å². The maximum absolute atomic E-state index is 13.0. The third kappa shape index (κ3) is 5.00. The minimum atomic E-state index is -2.82. The van der Waals surface area contributed by atoms with Crippen LogP contribution in [0.4, 0.5) is 4.32 Å². The lowest BCUT2D eigenvalue weighted by atomic mass is 9.88. The molecule has 6 nitrogen and oxygen atoms in total. The molecule has 2 N–H and O–H groups in total. The van der Waals surface area contributed by atoms with Gasteiger partial charge in [0, 0.05) is 20.4 Å². The van der Waals surface area contributed by atoms with Crippen LogP contribution in [0.25, 0.3) is 0 Å². The van der Waals surface area contributed by atoms with Gasteiger partial charge in [-0.05, 0) is 12.2 Å². The minimum Gasteiger partial charge on any atom is -0.463 e. The van der Waals surface area contributed by atoms with Gasteiger partial charge in [0.15, 0.2) is 13.5 Å². The van der Waals surface area contributed by atoms with E-state index < -0.39 is 39.2 Å². The predicted molar refractivity (Wildman–Crippen MR) is 74.8 cm³/mol. The highest BCUT2D eigenvalue weighted by Crippen LogP contribution is 2.43. The Hall–Kier alpha value is -0.205. The van der Waals surface area contributed by atoms with Crippen LogP contribution in [0.2, 0.25) is 0 Å². The topological polar surface area (TPSA) is 80.0 Å². The molecular formula is C9H18BFNO5PS. The molecule has 0 aromatic carbocycles. The molecule has 0 amide bonds. The quantitative estimate of drug-likeness (QED) is 0.427. The molecular weight excluding hydrogens is 295 g/mol. The molecule has 1 rings (SSSR count). The highest BCUT2D eigenvalue weighted by atomic mass is 32.1. The Labute approximate surface area is 117 Å². The Morgan fingerprint density at radius 3 is 2.58 bits per heavy atom. The molecule has 1 fully saturated rings. The second-order valence-electron chi connectivity index (χ2n) is 4.55. The molecule has 10 heteroatoms. The summed E-state index contributed by atoms with van der Waals surface area (Å²) in [6.45, 7) is 3.08. The second-order valence-corrected chi connectivity index (χ2v) is 7.66. The molecule has 0 aliphatic carbocycles. The summed E-state index contributed by atoms with van der Waals surface area (Å²) in [5, 5.41) is -0.235. The lowest BCUT2D eigenvalue weighted by Gasteiger charge is -2.25. The second kappa shape index (κ2) is 6.99. The number of ether oxygens (including phenoxy) is 3. The van der Waals surface area contributed by atoms with Gasteiger partial charge < -0.3 is 28.8 Å². The van der Waals surface area contributed by atoms with Crippen LogP contribution in [0.1, 0.15) is 0 Å². The van der Waals surface area contributed by atoms with Gasteiger partial charge in [-0.25, -0.2) is 0 Å². The van der Waals surface area contributed by atoms with E-state index in [1.807, 2.05) is 0 Å². The largest absolute Gasteiger partial charge is 0.463 e. The molecule has 0 aromatic heterocycles. The summed E-state index contributed by atoms with van der Waals surface area (Å²) in [7, 11) is -2.13. The fraction of sp³-hybridized carbons (Fsp3) is 0.889. The number of nitrogens with two attached hydrogens (primary N) is 1. The Balaban J connectivity index is 2.91. The van der Waals surface area contributed by atoms with E-state index in [4.69, 9.17) is 24.5 Å². The molecule has 1 aliphatic rings. The Morgan fingerprint density at radius 2 is 2.16 bits per heavy atom. The van der Waals surface area contributed by atoms with Crippen LogP contribution in [0.5, 0.6) is 0 Å². The summed E-state index contributed by atoms with van der Waals surface area (Å²) in [6, 6.07) is -0.877. The van der Waals surface area contributed by atoms with Crippen molar-refractivity contribution in [1.82, 2.24) is 0 Å². The standard InChI is InChI=1S/C9H18BFNO5PS/c1-14-4-5-6(17-18(2,3)13)7(16-9(12)19)8(10-11)15-5/h5-8,10H,4H2,1-3H3,(H2,12,19)/t5-,6+,7?,8-/m1/s1. The lowest BCUT2D eigenvalue weighted by Crippen LogP contribution is -2.41. The molecule has 0 radical (unpaired) electrons. The van der Waals surface area contributed by atoms with E-state index in [1.165, 1.54) is 20.4 Å². The smallest absolute Gasteiger partial charge is 0.364 e. The van der Waals surface area contributed by atoms with Crippen molar-refractivity contribution in [2.75, 3.05) is 27.0 Å². The summed E-state index contributed by atoms with van der Waals surface area (Å²) < 4.78 is 45.8. The molecule has 0 spiro atoms. The van der Waals surface area contributed by atoms with Crippen molar-refractivity contribution >= 4 is 32.3 Å². The van der Waals surface area contributed by atoms with Gasteiger partial charge in [-0.1, -0.05) is 0 Å². The maximum atomic E-state index is 13.0. The number of thiocarbonyl (C=S) groups is 1. The number of hydrogen-bond acceptors (Lipinski definition) is 6. The van der Waals surface area contributed by atoms with Crippen molar-refractivity contribution < 1.29 is 27.6 Å². The normalized spacial score (nSPS) is 31.2. The fourth-order valence-corrected chi connectivity index (χ4v) is 2.88. The molecule has 0 bridgehead atoms. The van der Waals surface area contributed by atoms with Gasteiger partial charge in [-0.2, -0.15) is 0 Å². The lowest BCUT2D eigenvalue weighted by molar-refractivity contribution is -0.0117. The van der Waals surface area contributed by atoms with Gasteiger partial charge in [0.25, 0.3) is 5.17 Å². The van der Waals surface area contributed by atoms with Crippen LogP contribution in [0.3, 0.4) is 0 Å². The monoisotopic (exact) mass is 313 g/mol. The summed E-state index contributed by atoms with van der Waals surface area (Å²) >= 11 is 4.65. The zero-order valence-electron chi connectivity index (χ0n) is 11.1. The third-order valence-electron chi connectivity index (χ3n) is 2.52. The van der Waals surface area contributed by atoms with E-state index in [2.05, 4.69) is 12.2 Å². The third-order valence-corrected chi connectivity index (χ3v) is 3.36. The molecule has 1 aliphatic heterocycles. The Morgan fingerprint density at radius 1 is 1.53 bits per heavy atom. The number of methoxy groups -OCH3 is 1. The molecule has 110 valence electrons. The Kier molecular flexibility index (Phi) is 6.20.